The van der Waals surface area contributed by atoms with Crippen LogP contribution in [0, 0.1) is 0 Å². The summed E-state index contributed by atoms with van der Waals surface area (Å²) in [6.07, 6.45) is 0. The van der Waals surface area contributed by atoms with Gasteiger partial charge in [-0.25, -0.2) is 0 Å². The fraction of sp³-hybridized carbons (Fsp3) is 1.00. The first-order valence-corrected chi connectivity index (χ1v) is 12.2. The minimum atomic E-state index is -3.05. The molecule has 0 aliphatic heterocycles. The summed E-state index contributed by atoms with van der Waals surface area (Å²) in [7, 11) is 5.66. The van der Waals surface area contributed by atoms with Gasteiger partial charge in [0.25, 0.3) is 0 Å². The van der Waals surface area contributed by atoms with Crippen molar-refractivity contribution in [2.75, 3.05) is 0 Å². The molecular weight excluding hydrogens is 190 g/mol. The van der Waals surface area contributed by atoms with Gasteiger partial charge in [-0.2, -0.15) is 0 Å². The van der Waals surface area contributed by atoms with E-state index in [9.17, 15) is 0 Å². The molecule has 0 amide bonds. The molecule has 0 N–H and O–H groups in total. The van der Waals surface area contributed by atoms with Crippen LogP contribution in [0.2, 0.25) is 14.7 Å². The number of halogens is 1. The van der Waals surface area contributed by atoms with Gasteiger partial charge in [-0.15, -0.1) is 0 Å². The first-order valence-electron chi connectivity index (χ1n) is 2.94. The Kier molecular flexibility index (Phi) is 0.816. The average Bonchev–Trinajstić information content (AvgIpc) is 1.25. The van der Waals surface area contributed by atoms with Crippen molar-refractivity contribution in [3.8, 4) is 0 Å². The molecule has 0 nitrogen and oxygen atoms in total. The molecule has 0 rings (SSSR count). The van der Waals surface area contributed by atoms with Crippen molar-refractivity contribution in [3.05, 3.63) is 0 Å². The average molecular weight is 202 g/mol. The Morgan fingerprint density at radius 1 is 1.80 bits per heavy atom. The van der Waals surface area contributed by atoms with Gasteiger partial charge in [0.2, 0.25) is 0 Å². The van der Waals surface area contributed by atoms with Gasteiger partial charge in [-0.1, -0.05) is 0 Å². The molecule has 0 saturated carbocycles. The standard InChI is InChI=1S/3CH3.ClH.Sn/h3*1H3;1H;/q;;;;+1/p-1/i1D3;;;;. The first kappa shape index (κ1) is 2.41. The van der Waals surface area contributed by atoms with Gasteiger partial charge in [0.15, 0.2) is 0 Å². The van der Waals surface area contributed by atoms with E-state index < -0.39 is 22.1 Å². The van der Waals surface area contributed by atoms with Crippen LogP contribution in [0.15, 0.2) is 0 Å². The van der Waals surface area contributed by atoms with Crippen molar-refractivity contribution in [1.29, 1.82) is 0 Å². The molecule has 0 radical (unpaired) electrons. The van der Waals surface area contributed by atoms with Crippen LogP contribution in [0.25, 0.3) is 0 Å². The molecule has 0 aliphatic rings. The van der Waals surface area contributed by atoms with Gasteiger partial charge >= 0.3 is 45.0 Å². The van der Waals surface area contributed by atoms with Crippen LogP contribution in [-0.2, 0) is 0 Å². The van der Waals surface area contributed by atoms with Crippen LogP contribution < -0.4 is 0 Å². The Labute approximate surface area is 45.3 Å². The zero-order valence-electron chi connectivity index (χ0n) is 6.38. The molecule has 0 aliphatic carbocycles. The van der Waals surface area contributed by atoms with Gasteiger partial charge in [0.1, 0.15) is 0 Å². The molecule has 0 fully saturated rings. The second kappa shape index (κ2) is 1.69. The Bertz CT molecular complexity index is 69.5. The zero-order chi connectivity index (χ0) is 7.00. The summed E-state index contributed by atoms with van der Waals surface area (Å²) in [4.78, 5) is 1.53. The fourth-order valence-corrected chi connectivity index (χ4v) is 0. The third kappa shape index (κ3) is 41.0. The van der Waals surface area contributed by atoms with Crippen molar-refractivity contribution in [2.24, 2.45) is 0 Å². The van der Waals surface area contributed by atoms with Crippen LogP contribution >= 0.6 is 8.92 Å². The Morgan fingerprint density at radius 3 is 2.00 bits per heavy atom. The maximum absolute atomic E-state index is 6.88. The monoisotopic (exact) mass is 203 g/mol. The molecule has 0 atom stereocenters. The van der Waals surface area contributed by atoms with E-state index in [0.29, 0.717) is 0 Å². The predicted octanol–water partition coefficient (Wildman–Crippen LogP) is 2.06. The molecule has 0 saturated heterocycles. The van der Waals surface area contributed by atoms with E-state index in [2.05, 4.69) is 0 Å². The summed E-state index contributed by atoms with van der Waals surface area (Å²) in [5, 5.41) is 0. The van der Waals surface area contributed by atoms with Gasteiger partial charge in [0.05, 0.1) is 0 Å². The molecule has 0 unspecified atom stereocenters. The van der Waals surface area contributed by atoms with Crippen molar-refractivity contribution < 1.29 is 4.11 Å². The third-order valence-corrected chi connectivity index (χ3v) is 0. The van der Waals surface area contributed by atoms with E-state index in [1.165, 1.54) is 0 Å². The number of rotatable bonds is 0. The van der Waals surface area contributed by atoms with Gasteiger partial charge in [-0.05, 0) is 0 Å². The Hall–Kier alpha value is 1.09. The quantitative estimate of drug-likeness (QED) is 0.527. The molecule has 0 aromatic rings. The SMILES string of the molecule is [2H][C]([2H])([2H])[Sn]([CH3])([CH3])[Cl]. The van der Waals surface area contributed by atoms with Gasteiger partial charge in [0, 0.05) is 0 Å². The van der Waals surface area contributed by atoms with Gasteiger partial charge in [-0.3, -0.25) is 0 Å². The summed E-state index contributed by atoms with van der Waals surface area (Å²) in [5.74, 6) is 0. The molecule has 2 heteroatoms. The Balaban J connectivity index is 4.02. The van der Waals surface area contributed by atoms with E-state index in [0.717, 1.165) is 0 Å². The molecule has 0 aromatic carbocycles. The topological polar surface area (TPSA) is 0 Å². The summed E-state index contributed by atoms with van der Waals surface area (Å²) < 4.78 is 20.6. The normalized spacial score (nSPS) is 23.4. The van der Waals surface area contributed by atoms with Crippen LogP contribution in [-0.4, -0.2) is 17.3 Å². The summed E-state index contributed by atoms with van der Waals surface area (Å²) in [6, 6.07) is 0. The fourth-order valence-electron chi connectivity index (χ4n) is 0. The molecule has 0 spiro atoms. The summed E-state index contributed by atoms with van der Waals surface area (Å²) in [6.45, 7) is 0. The first-order chi connectivity index (χ1) is 3.25. The van der Waals surface area contributed by atoms with E-state index in [-0.39, 0.29) is 0 Å². The Morgan fingerprint density at radius 2 is 2.00 bits per heavy atom. The molecule has 0 heterocycles. The van der Waals surface area contributed by atoms with Crippen LogP contribution in [0.3, 0.4) is 0 Å². The maximum atomic E-state index is 6.88. The third-order valence-electron chi connectivity index (χ3n) is 0. The molecule has 5 heavy (non-hydrogen) atoms. The van der Waals surface area contributed by atoms with Crippen LogP contribution in [0.5, 0.6) is 0 Å². The minimum absolute atomic E-state index is 1.68. The van der Waals surface area contributed by atoms with Crippen LogP contribution in [0.4, 0.5) is 0 Å². The molecular formula is C3H9ClSn. The van der Waals surface area contributed by atoms with E-state index in [4.69, 9.17) is 13.0 Å². The van der Waals surface area contributed by atoms with Crippen molar-refractivity contribution in [1.82, 2.24) is 0 Å². The van der Waals surface area contributed by atoms with Crippen molar-refractivity contribution in [3.63, 3.8) is 0 Å². The number of hydrogen-bond donors (Lipinski definition) is 0. The van der Waals surface area contributed by atoms with Crippen molar-refractivity contribution in [2.45, 2.75) is 14.7 Å². The van der Waals surface area contributed by atoms with Gasteiger partial charge < -0.3 is 0 Å². The van der Waals surface area contributed by atoms with Crippen LogP contribution in [0.1, 0.15) is 4.11 Å². The second-order valence-electron chi connectivity index (χ2n) is 1.47. The van der Waals surface area contributed by atoms with Crippen molar-refractivity contribution >= 4 is 26.2 Å². The van der Waals surface area contributed by atoms with E-state index in [1.807, 2.05) is 0 Å². The second-order valence-corrected chi connectivity index (χ2v) is 16.2. The van der Waals surface area contributed by atoms with E-state index in [1.54, 1.807) is 9.88 Å². The molecule has 0 aromatic heterocycles. The molecule has 0 bridgehead atoms. The summed E-state index contributed by atoms with van der Waals surface area (Å²) >= 11 is -3.05. The summed E-state index contributed by atoms with van der Waals surface area (Å²) in [5.41, 5.74) is 0. The number of hydrogen-bond acceptors (Lipinski definition) is 0. The predicted molar refractivity (Wildman–Crippen MR) is 29.2 cm³/mol. The molecule has 32 valence electrons. The zero-order valence-corrected chi connectivity index (χ0v) is 6.99. The van der Waals surface area contributed by atoms with E-state index >= 15 is 0 Å².